The van der Waals surface area contributed by atoms with Crippen molar-refractivity contribution in [2.45, 2.75) is 32.4 Å². The highest BCUT2D eigenvalue weighted by Crippen LogP contribution is 2.16. The van der Waals surface area contributed by atoms with E-state index in [0.29, 0.717) is 12.1 Å². The lowest BCUT2D eigenvalue weighted by Gasteiger charge is -2.38. The molecular formula is C15H23BrN2O. The first-order valence-electron chi connectivity index (χ1n) is 7.04. The molecule has 1 N–H and O–H groups in total. The van der Waals surface area contributed by atoms with Crippen LogP contribution >= 0.6 is 15.9 Å². The van der Waals surface area contributed by atoms with Gasteiger partial charge in [0, 0.05) is 35.8 Å². The van der Waals surface area contributed by atoms with E-state index in [1.54, 1.807) is 0 Å². The summed E-state index contributed by atoms with van der Waals surface area (Å²) in [6, 6.07) is 8.88. The zero-order valence-corrected chi connectivity index (χ0v) is 13.3. The van der Waals surface area contributed by atoms with Crippen LogP contribution in [0.1, 0.15) is 20.3 Å². The van der Waals surface area contributed by atoms with Gasteiger partial charge in [0.1, 0.15) is 0 Å². The molecule has 1 aliphatic heterocycles. The molecule has 0 aliphatic carbocycles. The molecule has 3 nitrogen and oxygen atoms in total. The molecule has 1 aliphatic rings. The van der Waals surface area contributed by atoms with E-state index in [-0.39, 0.29) is 0 Å². The van der Waals surface area contributed by atoms with E-state index in [9.17, 15) is 0 Å². The largest absolute Gasteiger partial charge is 0.384 e. The molecule has 0 bridgehead atoms. The maximum absolute atomic E-state index is 5.72. The highest BCUT2D eigenvalue weighted by atomic mass is 79.9. The van der Waals surface area contributed by atoms with Crippen molar-refractivity contribution in [3.63, 3.8) is 0 Å². The second-order valence-corrected chi connectivity index (χ2v) is 6.05. The van der Waals surface area contributed by atoms with E-state index >= 15 is 0 Å². The molecule has 1 saturated heterocycles. The third kappa shape index (κ3) is 4.48. The van der Waals surface area contributed by atoms with Crippen molar-refractivity contribution in [1.29, 1.82) is 0 Å². The fourth-order valence-electron chi connectivity index (χ4n) is 2.50. The molecule has 2 unspecified atom stereocenters. The average molecular weight is 327 g/mol. The molecular weight excluding hydrogens is 304 g/mol. The predicted octanol–water partition coefficient (Wildman–Crippen LogP) is 3.36. The standard InChI is InChI=1S/C15H23BrN2O/c1-3-15-11-19-12(2)10-18(15)8-7-17-14-6-4-5-13(16)9-14/h4-6,9,12,15,17H,3,7-8,10-11H2,1-2H3. The minimum absolute atomic E-state index is 0.355. The highest BCUT2D eigenvalue weighted by molar-refractivity contribution is 9.10. The van der Waals surface area contributed by atoms with E-state index in [1.165, 1.54) is 5.69 Å². The highest BCUT2D eigenvalue weighted by Gasteiger charge is 2.24. The van der Waals surface area contributed by atoms with Gasteiger partial charge in [-0.05, 0) is 31.5 Å². The molecule has 4 heteroatoms. The number of ether oxygens (including phenoxy) is 1. The fraction of sp³-hybridized carbons (Fsp3) is 0.600. The molecule has 1 aromatic rings. The van der Waals surface area contributed by atoms with Crippen molar-refractivity contribution in [2.24, 2.45) is 0 Å². The van der Waals surface area contributed by atoms with Gasteiger partial charge in [0.25, 0.3) is 0 Å². The Morgan fingerprint density at radius 3 is 3.05 bits per heavy atom. The van der Waals surface area contributed by atoms with Gasteiger partial charge in [-0.15, -0.1) is 0 Å². The number of morpholine rings is 1. The van der Waals surface area contributed by atoms with Crippen LogP contribution in [-0.2, 0) is 4.74 Å². The molecule has 1 heterocycles. The topological polar surface area (TPSA) is 24.5 Å². The molecule has 0 aromatic heterocycles. The third-order valence-electron chi connectivity index (χ3n) is 3.61. The number of nitrogens with zero attached hydrogens (tertiary/aromatic N) is 1. The molecule has 1 fully saturated rings. The first-order valence-corrected chi connectivity index (χ1v) is 7.83. The first kappa shape index (κ1) is 14.8. The summed E-state index contributed by atoms with van der Waals surface area (Å²) in [5, 5.41) is 3.48. The summed E-state index contributed by atoms with van der Waals surface area (Å²) >= 11 is 3.49. The number of hydrogen-bond donors (Lipinski definition) is 1. The first-order chi connectivity index (χ1) is 9.19. The number of hydrogen-bond acceptors (Lipinski definition) is 3. The van der Waals surface area contributed by atoms with E-state index in [2.05, 4.69) is 58.2 Å². The zero-order valence-electron chi connectivity index (χ0n) is 11.7. The predicted molar refractivity (Wildman–Crippen MR) is 83.7 cm³/mol. The summed E-state index contributed by atoms with van der Waals surface area (Å²) in [4.78, 5) is 2.54. The Labute approximate surface area is 124 Å². The molecule has 0 saturated carbocycles. The average Bonchev–Trinajstić information content (AvgIpc) is 2.39. The van der Waals surface area contributed by atoms with E-state index < -0.39 is 0 Å². The van der Waals surface area contributed by atoms with Crippen molar-refractivity contribution in [2.75, 3.05) is 31.6 Å². The van der Waals surface area contributed by atoms with Crippen LogP contribution < -0.4 is 5.32 Å². The van der Waals surface area contributed by atoms with Gasteiger partial charge in [-0.1, -0.05) is 28.9 Å². The Hall–Kier alpha value is -0.580. The number of benzene rings is 1. The lowest BCUT2D eigenvalue weighted by atomic mass is 10.1. The maximum Gasteiger partial charge on any atom is 0.0674 e. The maximum atomic E-state index is 5.72. The normalized spacial score (nSPS) is 24.4. The van der Waals surface area contributed by atoms with Gasteiger partial charge in [0.2, 0.25) is 0 Å². The molecule has 106 valence electrons. The van der Waals surface area contributed by atoms with Crippen LogP contribution in [0.2, 0.25) is 0 Å². The molecule has 0 radical (unpaired) electrons. The van der Waals surface area contributed by atoms with Gasteiger partial charge in [-0.25, -0.2) is 0 Å². The van der Waals surface area contributed by atoms with Crippen molar-refractivity contribution in [3.8, 4) is 0 Å². The van der Waals surface area contributed by atoms with Crippen molar-refractivity contribution in [1.82, 2.24) is 4.90 Å². The second-order valence-electron chi connectivity index (χ2n) is 5.14. The van der Waals surface area contributed by atoms with E-state index in [4.69, 9.17) is 4.74 Å². The van der Waals surface area contributed by atoms with E-state index in [0.717, 1.165) is 37.1 Å². The molecule has 0 amide bonds. The number of halogens is 1. The van der Waals surface area contributed by atoms with Crippen LogP contribution in [-0.4, -0.2) is 43.3 Å². The van der Waals surface area contributed by atoms with Gasteiger partial charge in [0.05, 0.1) is 12.7 Å². The molecule has 19 heavy (non-hydrogen) atoms. The van der Waals surface area contributed by atoms with Crippen LogP contribution in [0.5, 0.6) is 0 Å². The van der Waals surface area contributed by atoms with Crippen molar-refractivity contribution >= 4 is 21.6 Å². The SMILES string of the molecule is CCC1COC(C)CN1CCNc1cccc(Br)c1. The van der Waals surface area contributed by atoms with Crippen LogP contribution in [0.15, 0.2) is 28.7 Å². The van der Waals surface area contributed by atoms with Crippen molar-refractivity contribution < 1.29 is 4.74 Å². The monoisotopic (exact) mass is 326 g/mol. The Balaban J connectivity index is 1.80. The van der Waals surface area contributed by atoms with Crippen LogP contribution in [0.4, 0.5) is 5.69 Å². The fourth-order valence-corrected chi connectivity index (χ4v) is 2.90. The van der Waals surface area contributed by atoms with Gasteiger partial charge in [0.15, 0.2) is 0 Å². The number of nitrogens with one attached hydrogen (secondary N) is 1. The summed E-state index contributed by atoms with van der Waals surface area (Å²) in [5.74, 6) is 0. The lowest BCUT2D eigenvalue weighted by molar-refractivity contribution is -0.0541. The second kappa shape index (κ2) is 7.27. The molecule has 0 spiro atoms. The molecule has 2 atom stereocenters. The lowest BCUT2D eigenvalue weighted by Crippen LogP contribution is -2.49. The summed E-state index contributed by atoms with van der Waals surface area (Å²) in [7, 11) is 0. The number of anilines is 1. The Morgan fingerprint density at radius 1 is 1.47 bits per heavy atom. The van der Waals surface area contributed by atoms with Gasteiger partial charge in [-0.3, -0.25) is 4.90 Å². The zero-order chi connectivity index (χ0) is 13.7. The third-order valence-corrected chi connectivity index (χ3v) is 4.10. The summed E-state index contributed by atoms with van der Waals surface area (Å²) in [5.41, 5.74) is 1.17. The van der Waals surface area contributed by atoms with Crippen LogP contribution in [0.25, 0.3) is 0 Å². The Bertz CT molecular complexity index is 399. The minimum Gasteiger partial charge on any atom is -0.384 e. The molecule has 2 rings (SSSR count). The summed E-state index contributed by atoms with van der Waals surface area (Å²) in [6.07, 6.45) is 1.51. The number of rotatable bonds is 5. The van der Waals surface area contributed by atoms with Crippen LogP contribution in [0.3, 0.4) is 0 Å². The van der Waals surface area contributed by atoms with Crippen molar-refractivity contribution in [3.05, 3.63) is 28.7 Å². The van der Waals surface area contributed by atoms with Gasteiger partial charge < -0.3 is 10.1 Å². The van der Waals surface area contributed by atoms with E-state index in [1.807, 2.05) is 6.07 Å². The Kier molecular flexibility index (Phi) is 5.67. The quantitative estimate of drug-likeness (QED) is 0.897. The van der Waals surface area contributed by atoms with Gasteiger partial charge in [-0.2, -0.15) is 0 Å². The van der Waals surface area contributed by atoms with Crippen LogP contribution in [0, 0.1) is 0 Å². The Morgan fingerprint density at radius 2 is 2.32 bits per heavy atom. The summed E-state index contributed by atoms with van der Waals surface area (Å²) in [6.45, 7) is 8.34. The molecule has 1 aromatic carbocycles. The summed E-state index contributed by atoms with van der Waals surface area (Å²) < 4.78 is 6.84. The minimum atomic E-state index is 0.355. The smallest absolute Gasteiger partial charge is 0.0674 e. The van der Waals surface area contributed by atoms with Gasteiger partial charge >= 0.3 is 0 Å².